The average molecular weight is 265 g/mol. The van der Waals surface area contributed by atoms with Crippen LogP contribution in [0.25, 0.3) is 0 Å². The lowest BCUT2D eigenvalue weighted by atomic mass is 9.91. The van der Waals surface area contributed by atoms with Gasteiger partial charge in [0.25, 0.3) is 5.91 Å². The molecule has 2 atom stereocenters. The number of carbonyl (C=O) groups is 1. The van der Waals surface area contributed by atoms with Crippen molar-refractivity contribution in [1.82, 2.24) is 4.98 Å². The van der Waals surface area contributed by atoms with Crippen molar-refractivity contribution in [2.24, 2.45) is 11.7 Å². The second-order valence-electron chi connectivity index (χ2n) is 4.97. The third-order valence-electron chi connectivity index (χ3n) is 3.31. The number of primary amides is 1. The van der Waals surface area contributed by atoms with E-state index < -0.39 is 5.91 Å². The number of rotatable bonds is 3. The van der Waals surface area contributed by atoms with E-state index in [1.165, 1.54) is 25.7 Å². The van der Waals surface area contributed by atoms with E-state index in [4.69, 9.17) is 11.5 Å². The predicted octanol–water partition coefficient (Wildman–Crippen LogP) is 2.43. The largest absolute Gasteiger partial charge is 0.397 e. The van der Waals surface area contributed by atoms with Gasteiger partial charge in [0.15, 0.2) is 0 Å². The molecule has 18 heavy (non-hydrogen) atoms. The van der Waals surface area contributed by atoms with Crippen LogP contribution in [0.1, 0.15) is 43.1 Å². The van der Waals surface area contributed by atoms with Crippen LogP contribution in [0, 0.1) is 5.92 Å². The van der Waals surface area contributed by atoms with Crippen LogP contribution in [0.5, 0.6) is 0 Å². The molecule has 1 amide bonds. The fraction of sp³-hybridized carbons (Fsp3) is 0.538. The Labute approximate surface area is 112 Å². The number of aromatic nitrogens is 1. The number of hydrogen-bond acceptors (Lipinski definition) is 4. The molecule has 0 aromatic carbocycles. The van der Waals surface area contributed by atoms with Crippen molar-refractivity contribution in [2.75, 3.05) is 5.73 Å². The first-order chi connectivity index (χ1) is 8.56. The van der Waals surface area contributed by atoms with Gasteiger partial charge in [-0.25, -0.2) is 4.98 Å². The quantitative estimate of drug-likeness (QED) is 0.879. The minimum Gasteiger partial charge on any atom is -0.397 e. The number of nitrogens with two attached hydrogens (primary N) is 2. The fourth-order valence-electron chi connectivity index (χ4n) is 2.33. The molecule has 1 aliphatic carbocycles. The molecule has 1 saturated carbocycles. The van der Waals surface area contributed by atoms with E-state index in [-0.39, 0.29) is 5.69 Å². The van der Waals surface area contributed by atoms with Crippen molar-refractivity contribution >= 4 is 23.4 Å². The lowest BCUT2D eigenvalue weighted by molar-refractivity contribution is 0.0995. The molecule has 1 aromatic rings. The molecule has 2 rings (SSSR count). The van der Waals surface area contributed by atoms with E-state index in [1.54, 1.807) is 23.9 Å². The van der Waals surface area contributed by atoms with Gasteiger partial charge in [0.05, 0.1) is 5.69 Å². The minimum atomic E-state index is -0.506. The van der Waals surface area contributed by atoms with Gasteiger partial charge in [0.2, 0.25) is 0 Å². The predicted molar refractivity (Wildman–Crippen MR) is 74.4 cm³/mol. The number of carbonyl (C=O) groups excluding carboxylic acids is 1. The highest BCUT2D eigenvalue weighted by molar-refractivity contribution is 8.00. The van der Waals surface area contributed by atoms with Gasteiger partial charge < -0.3 is 11.5 Å². The summed E-state index contributed by atoms with van der Waals surface area (Å²) in [4.78, 5) is 15.4. The first-order valence-electron chi connectivity index (χ1n) is 6.29. The van der Waals surface area contributed by atoms with Crippen LogP contribution in [0.4, 0.5) is 5.69 Å². The normalized spacial score (nSPS) is 23.8. The Morgan fingerprint density at radius 3 is 2.89 bits per heavy atom. The maximum atomic E-state index is 11.1. The second-order valence-corrected chi connectivity index (χ2v) is 6.26. The van der Waals surface area contributed by atoms with E-state index >= 15 is 0 Å². The summed E-state index contributed by atoms with van der Waals surface area (Å²) in [5, 5.41) is 1.29. The molecule has 0 bridgehead atoms. The van der Waals surface area contributed by atoms with Crippen molar-refractivity contribution in [3.8, 4) is 0 Å². The summed E-state index contributed by atoms with van der Waals surface area (Å²) in [5.41, 5.74) is 12.1. The molecule has 1 aliphatic rings. The summed E-state index contributed by atoms with van der Waals surface area (Å²) in [6.45, 7) is 2.28. The van der Waals surface area contributed by atoms with Crippen LogP contribution in [-0.2, 0) is 0 Å². The van der Waals surface area contributed by atoms with E-state index in [0.29, 0.717) is 10.9 Å². The molecule has 4 nitrogen and oxygen atoms in total. The highest BCUT2D eigenvalue weighted by Crippen LogP contribution is 2.37. The third kappa shape index (κ3) is 3.16. The number of hydrogen-bond donors (Lipinski definition) is 2. The monoisotopic (exact) mass is 265 g/mol. The third-order valence-corrected chi connectivity index (χ3v) is 4.62. The van der Waals surface area contributed by atoms with Gasteiger partial charge in [-0.15, -0.1) is 11.8 Å². The van der Waals surface area contributed by atoms with Gasteiger partial charge in [0.1, 0.15) is 10.7 Å². The zero-order valence-electron chi connectivity index (χ0n) is 10.6. The smallest absolute Gasteiger partial charge is 0.267 e. The number of nitrogen functional groups attached to an aromatic ring is 1. The second kappa shape index (κ2) is 5.61. The Morgan fingerprint density at radius 1 is 1.44 bits per heavy atom. The van der Waals surface area contributed by atoms with Crippen molar-refractivity contribution in [3.63, 3.8) is 0 Å². The molecule has 2 unspecified atom stereocenters. The molecule has 0 aliphatic heterocycles. The Hall–Kier alpha value is -1.23. The van der Waals surface area contributed by atoms with Gasteiger partial charge in [-0.3, -0.25) is 4.79 Å². The van der Waals surface area contributed by atoms with Gasteiger partial charge in [0, 0.05) is 5.25 Å². The summed E-state index contributed by atoms with van der Waals surface area (Å²) in [6, 6.07) is 3.28. The fourth-order valence-corrected chi connectivity index (χ4v) is 3.71. The van der Waals surface area contributed by atoms with Crippen molar-refractivity contribution < 1.29 is 4.79 Å². The van der Waals surface area contributed by atoms with Crippen LogP contribution in [-0.4, -0.2) is 16.1 Å². The lowest BCUT2D eigenvalue weighted by Gasteiger charge is -2.26. The van der Waals surface area contributed by atoms with E-state index in [1.807, 2.05) is 0 Å². The number of amides is 1. The van der Waals surface area contributed by atoms with Crippen LogP contribution in [0.15, 0.2) is 17.2 Å². The van der Waals surface area contributed by atoms with Crippen molar-refractivity contribution in [1.29, 1.82) is 0 Å². The minimum absolute atomic E-state index is 0.288. The highest BCUT2D eigenvalue weighted by Gasteiger charge is 2.21. The number of anilines is 1. The molecule has 0 saturated heterocycles. The first-order valence-corrected chi connectivity index (χ1v) is 7.17. The Kier molecular flexibility index (Phi) is 4.11. The maximum Gasteiger partial charge on any atom is 0.267 e. The van der Waals surface area contributed by atoms with Gasteiger partial charge in [-0.05, 0) is 30.9 Å². The average Bonchev–Trinajstić information content (AvgIpc) is 2.31. The molecular formula is C13H19N3OS. The zero-order valence-corrected chi connectivity index (χ0v) is 11.4. The first kappa shape index (κ1) is 13.2. The molecule has 5 heteroatoms. The highest BCUT2D eigenvalue weighted by atomic mass is 32.2. The number of thioether (sulfide) groups is 1. The number of nitrogens with zero attached hydrogens (tertiary/aromatic N) is 1. The molecule has 98 valence electrons. The summed E-state index contributed by atoms with van der Waals surface area (Å²) < 4.78 is 0. The standard InChI is InChI=1S/C13H19N3OS/c1-8-3-2-4-9(7-8)18-13-10(14)5-6-11(16-13)12(15)17/h5-6,8-9H,2-4,7,14H2,1H3,(H2,15,17). The topological polar surface area (TPSA) is 82.0 Å². The SMILES string of the molecule is CC1CCCC(Sc2nc(C(N)=O)ccc2N)C1. The van der Waals surface area contributed by atoms with Gasteiger partial charge >= 0.3 is 0 Å². The summed E-state index contributed by atoms with van der Waals surface area (Å²) in [7, 11) is 0. The molecule has 1 aromatic heterocycles. The van der Waals surface area contributed by atoms with Crippen LogP contribution < -0.4 is 11.5 Å². The van der Waals surface area contributed by atoms with Crippen LogP contribution in [0.3, 0.4) is 0 Å². The van der Waals surface area contributed by atoms with Gasteiger partial charge in [-0.1, -0.05) is 19.8 Å². The molecule has 0 spiro atoms. The zero-order chi connectivity index (χ0) is 13.1. The van der Waals surface area contributed by atoms with E-state index in [2.05, 4.69) is 11.9 Å². The maximum absolute atomic E-state index is 11.1. The summed E-state index contributed by atoms with van der Waals surface area (Å²) in [6.07, 6.45) is 4.94. The molecule has 1 fully saturated rings. The van der Waals surface area contributed by atoms with Crippen LogP contribution in [0.2, 0.25) is 0 Å². The molecule has 0 radical (unpaired) electrons. The van der Waals surface area contributed by atoms with Crippen LogP contribution >= 0.6 is 11.8 Å². The van der Waals surface area contributed by atoms with Crippen molar-refractivity contribution in [2.45, 2.75) is 42.9 Å². The summed E-state index contributed by atoms with van der Waals surface area (Å²) >= 11 is 1.68. The Morgan fingerprint density at radius 2 is 2.22 bits per heavy atom. The Bertz CT molecular complexity index is 450. The number of pyridine rings is 1. The lowest BCUT2D eigenvalue weighted by Crippen LogP contribution is -2.17. The molecule has 4 N–H and O–H groups in total. The van der Waals surface area contributed by atoms with E-state index in [9.17, 15) is 4.79 Å². The Balaban J connectivity index is 2.12. The molecule has 1 heterocycles. The van der Waals surface area contributed by atoms with Crippen molar-refractivity contribution in [3.05, 3.63) is 17.8 Å². The summed E-state index contributed by atoms with van der Waals surface area (Å²) in [5.74, 6) is 0.255. The van der Waals surface area contributed by atoms with Gasteiger partial charge in [-0.2, -0.15) is 0 Å². The van der Waals surface area contributed by atoms with E-state index in [0.717, 1.165) is 10.9 Å². The molecular weight excluding hydrogens is 246 g/mol.